The Bertz CT molecular complexity index is 396. The lowest BCUT2D eigenvalue weighted by molar-refractivity contribution is 0.188. The highest BCUT2D eigenvalue weighted by atomic mass is 16.5. The maximum Gasteiger partial charge on any atom is 0.160 e. The van der Waals surface area contributed by atoms with Gasteiger partial charge in [-0.05, 0) is 49.9 Å². The second-order valence-electron chi connectivity index (χ2n) is 5.18. The molecule has 0 bridgehead atoms. The Morgan fingerprint density at radius 2 is 1.86 bits per heavy atom. The molecule has 0 radical (unpaired) electrons. The first-order valence-corrected chi connectivity index (χ1v) is 7.68. The fraction of sp³-hybridized carbons (Fsp3) is 0.647. The fourth-order valence-corrected chi connectivity index (χ4v) is 2.39. The van der Waals surface area contributed by atoms with E-state index in [0.717, 1.165) is 50.3 Å². The van der Waals surface area contributed by atoms with E-state index in [4.69, 9.17) is 14.2 Å². The van der Waals surface area contributed by atoms with Crippen LogP contribution < -0.4 is 14.8 Å². The van der Waals surface area contributed by atoms with Crippen LogP contribution in [0.1, 0.15) is 31.7 Å². The van der Waals surface area contributed by atoms with Crippen molar-refractivity contribution in [2.24, 2.45) is 0 Å². The van der Waals surface area contributed by atoms with E-state index in [2.05, 4.69) is 24.4 Å². The molecule has 1 aromatic rings. The van der Waals surface area contributed by atoms with Crippen molar-refractivity contribution in [1.29, 1.82) is 0 Å². The van der Waals surface area contributed by atoms with Gasteiger partial charge in [0.1, 0.15) is 0 Å². The molecule has 0 aliphatic rings. The second kappa shape index (κ2) is 10.5. The van der Waals surface area contributed by atoms with Gasteiger partial charge < -0.3 is 19.5 Å². The Kier molecular flexibility index (Phi) is 8.87. The van der Waals surface area contributed by atoms with Crippen LogP contribution in [0, 0.1) is 0 Å². The van der Waals surface area contributed by atoms with E-state index < -0.39 is 0 Å². The van der Waals surface area contributed by atoms with Gasteiger partial charge in [0.2, 0.25) is 0 Å². The van der Waals surface area contributed by atoms with Crippen molar-refractivity contribution in [3.8, 4) is 11.5 Å². The average molecular weight is 295 g/mol. The Morgan fingerprint density at radius 3 is 2.48 bits per heavy atom. The van der Waals surface area contributed by atoms with Gasteiger partial charge in [-0.25, -0.2) is 0 Å². The third kappa shape index (κ3) is 6.36. The molecule has 4 heteroatoms. The van der Waals surface area contributed by atoms with Gasteiger partial charge in [-0.1, -0.05) is 13.0 Å². The third-order valence-corrected chi connectivity index (χ3v) is 3.51. The molecule has 1 aromatic carbocycles. The molecule has 0 amide bonds. The lowest BCUT2D eigenvalue weighted by atomic mass is 10.0. The summed E-state index contributed by atoms with van der Waals surface area (Å²) in [7, 11) is 5.09. The van der Waals surface area contributed by atoms with Crippen LogP contribution in [0.25, 0.3) is 0 Å². The van der Waals surface area contributed by atoms with Crippen LogP contribution in [0.15, 0.2) is 18.2 Å². The molecule has 21 heavy (non-hydrogen) atoms. The summed E-state index contributed by atoms with van der Waals surface area (Å²) in [6.45, 7) is 4.05. The number of hydrogen-bond donors (Lipinski definition) is 1. The van der Waals surface area contributed by atoms with Crippen molar-refractivity contribution < 1.29 is 14.2 Å². The summed E-state index contributed by atoms with van der Waals surface area (Å²) in [6, 6.07) is 6.62. The van der Waals surface area contributed by atoms with E-state index in [-0.39, 0.29) is 0 Å². The largest absolute Gasteiger partial charge is 0.493 e. The summed E-state index contributed by atoms with van der Waals surface area (Å²) < 4.78 is 15.8. The van der Waals surface area contributed by atoms with Crippen molar-refractivity contribution in [3.05, 3.63) is 23.8 Å². The van der Waals surface area contributed by atoms with Gasteiger partial charge in [0, 0.05) is 19.8 Å². The molecule has 1 atom stereocenters. The number of benzene rings is 1. The number of rotatable bonds is 11. The first-order chi connectivity index (χ1) is 10.2. The Morgan fingerprint density at radius 1 is 1.10 bits per heavy atom. The number of hydrogen-bond acceptors (Lipinski definition) is 4. The Hall–Kier alpha value is -1.26. The van der Waals surface area contributed by atoms with Crippen LogP contribution >= 0.6 is 0 Å². The van der Waals surface area contributed by atoms with Gasteiger partial charge in [0.25, 0.3) is 0 Å². The van der Waals surface area contributed by atoms with Gasteiger partial charge in [-0.2, -0.15) is 0 Å². The average Bonchev–Trinajstić information content (AvgIpc) is 2.52. The predicted octanol–water partition coefficient (Wildman–Crippen LogP) is 3.04. The number of nitrogens with one attached hydrogen (secondary N) is 1. The molecular weight excluding hydrogens is 266 g/mol. The van der Waals surface area contributed by atoms with Crippen molar-refractivity contribution in [2.75, 3.05) is 34.5 Å². The molecule has 4 nitrogen and oxygen atoms in total. The van der Waals surface area contributed by atoms with Gasteiger partial charge in [0.15, 0.2) is 11.5 Å². The lowest BCUT2D eigenvalue weighted by Crippen LogP contribution is -2.32. The first kappa shape index (κ1) is 17.8. The van der Waals surface area contributed by atoms with Gasteiger partial charge in [0.05, 0.1) is 14.2 Å². The zero-order valence-electron chi connectivity index (χ0n) is 13.8. The van der Waals surface area contributed by atoms with E-state index in [1.807, 2.05) is 6.07 Å². The topological polar surface area (TPSA) is 39.7 Å². The molecule has 1 rings (SSSR count). The van der Waals surface area contributed by atoms with E-state index in [1.165, 1.54) is 5.56 Å². The molecule has 0 saturated carbocycles. The van der Waals surface area contributed by atoms with Crippen molar-refractivity contribution in [3.63, 3.8) is 0 Å². The summed E-state index contributed by atoms with van der Waals surface area (Å²) in [5.74, 6) is 1.57. The molecule has 0 aromatic heterocycles. The van der Waals surface area contributed by atoms with Gasteiger partial charge >= 0.3 is 0 Å². The predicted molar refractivity (Wildman–Crippen MR) is 86.4 cm³/mol. The van der Waals surface area contributed by atoms with Crippen LogP contribution in [0.5, 0.6) is 11.5 Å². The van der Waals surface area contributed by atoms with Crippen molar-refractivity contribution in [2.45, 2.75) is 38.6 Å². The molecule has 120 valence electrons. The van der Waals surface area contributed by atoms with E-state index in [1.54, 1.807) is 21.3 Å². The first-order valence-electron chi connectivity index (χ1n) is 7.68. The van der Waals surface area contributed by atoms with Crippen molar-refractivity contribution >= 4 is 0 Å². The summed E-state index contributed by atoms with van der Waals surface area (Å²) >= 11 is 0. The standard InChI is InChI=1S/C17H29NO3/c1-5-10-18-15(7-6-11-19-2)12-14-8-9-16(20-3)17(13-14)21-4/h8-9,13,15,18H,5-7,10-12H2,1-4H3. The van der Waals surface area contributed by atoms with E-state index in [9.17, 15) is 0 Å². The fourth-order valence-electron chi connectivity index (χ4n) is 2.39. The van der Waals surface area contributed by atoms with Crippen LogP contribution in [0.4, 0.5) is 0 Å². The molecule has 0 heterocycles. The molecule has 1 N–H and O–H groups in total. The maximum atomic E-state index is 5.37. The Balaban J connectivity index is 2.67. The quantitative estimate of drug-likeness (QED) is 0.637. The molecular formula is C17H29NO3. The van der Waals surface area contributed by atoms with Crippen molar-refractivity contribution in [1.82, 2.24) is 5.32 Å². The minimum absolute atomic E-state index is 0.471. The highest BCUT2D eigenvalue weighted by molar-refractivity contribution is 5.43. The molecule has 0 aliphatic heterocycles. The molecule has 0 aliphatic carbocycles. The SMILES string of the molecule is CCCNC(CCCOC)Cc1ccc(OC)c(OC)c1. The Labute approximate surface area is 128 Å². The third-order valence-electron chi connectivity index (χ3n) is 3.51. The summed E-state index contributed by atoms with van der Waals surface area (Å²) in [5, 5.41) is 3.62. The monoisotopic (exact) mass is 295 g/mol. The minimum Gasteiger partial charge on any atom is -0.493 e. The normalized spacial score (nSPS) is 12.2. The van der Waals surface area contributed by atoms with E-state index in [0.29, 0.717) is 6.04 Å². The molecule has 1 unspecified atom stereocenters. The van der Waals surface area contributed by atoms with Crippen LogP contribution in [0.2, 0.25) is 0 Å². The van der Waals surface area contributed by atoms with E-state index >= 15 is 0 Å². The highest BCUT2D eigenvalue weighted by Gasteiger charge is 2.11. The zero-order chi connectivity index (χ0) is 15.5. The lowest BCUT2D eigenvalue weighted by Gasteiger charge is -2.19. The minimum atomic E-state index is 0.471. The smallest absolute Gasteiger partial charge is 0.160 e. The summed E-state index contributed by atoms with van der Waals surface area (Å²) in [6.07, 6.45) is 4.32. The second-order valence-corrected chi connectivity index (χ2v) is 5.18. The van der Waals surface area contributed by atoms with Crippen LogP contribution in [-0.4, -0.2) is 40.5 Å². The molecule has 0 spiro atoms. The zero-order valence-corrected chi connectivity index (χ0v) is 13.8. The van der Waals surface area contributed by atoms with Crippen LogP contribution in [-0.2, 0) is 11.2 Å². The summed E-state index contributed by atoms with van der Waals surface area (Å²) in [4.78, 5) is 0. The molecule has 0 saturated heterocycles. The van der Waals surface area contributed by atoms with Gasteiger partial charge in [-0.3, -0.25) is 0 Å². The number of ether oxygens (including phenoxy) is 3. The number of methoxy groups -OCH3 is 3. The van der Waals surface area contributed by atoms with Gasteiger partial charge in [-0.15, -0.1) is 0 Å². The highest BCUT2D eigenvalue weighted by Crippen LogP contribution is 2.28. The summed E-state index contributed by atoms with van der Waals surface area (Å²) in [5.41, 5.74) is 1.26. The molecule has 0 fully saturated rings. The van der Waals surface area contributed by atoms with Crippen LogP contribution in [0.3, 0.4) is 0 Å². The maximum absolute atomic E-state index is 5.37.